The summed E-state index contributed by atoms with van der Waals surface area (Å²) < 4.78 is 31.4. The Morgan fingerprint density at radius 3 is 2.59 bits per heavy atom. The lowest BCUT2D eigenvalue weighted by molar-refractivity contribution is 0.489. The van der Waals surface area contributed by atoms with Gasteiger partial charge in [0.25, 0.3) is 0 Å². The molecule has 1 aromatic heterocycles. The second-order valence-corrected chi connectivity index (χ2v) is 10.5. The third-order valence-corrected chi connectivity index (χ3v) is 6.68. The molecule has 2 aromatic rings. The van der Waals surface area contributed by atoms with Crippen LogP contribution in [0.5, 0.6) is 0 Å². The van der Waals surface area contributed by atoms with Crippen LogP contribution in [0.3, 0.4) is 0 Å². The van der Waals surface area contributed by atoms with Crippen molar-refractivity contribution in [2.24, 2.45) is 5.92 Å². The summed E-state index contributed by atoms with van der Waals surface area (Å²) in [6.45, 7) is 10.6. The molecule has 2 N–H and O–H groups in total. The molecular formula is C20H31N3O3S. The Morgan fingerprint density at radius 2 is 2.00 bits per heavy atom. The van der Waals surface area contributed by atoms with Crippen LogP contribution in [0.1, 0.15) is 46.1 Å². The van der Waals surface area contributed by atoms with Crippen molar-refractivity contribution in [3.63, 3.8) is 0 Å². The molecule has 0 radical (unpaired) electrons. The van der Waals surface area contributed by atoms with E-state index in [1.807, 2.05) is 12.1 Å². The van der Waals surface area contributed by atoms with Crippen LogP contribution in [0.4, 0.5) is 5.69 Å². The fourth-order valence-corrected chi connectivity index (χ4v) is 3.54. The third kappa shape index (κ3) is 6.07. The van der Waals surface area contributed by atoms with Gasteiger partial charge in [0, 0.05) is 24.3 Å². The maximum atomic E-state index is 12.1. The number of hydrogen-bond donors (Lipinski definition) is 2. The minimum absolute atomic E-state index is 0.289. The number of aryl methyl sites for hydroxylation is 1. The summed E-state index contributed by atoms with van der Waals surface area (Å²) >= 11 is 0. The molecule has 0 aliphatic carbocycles. The number of benzene rings is 1. The van der Waals surface area contributed by atoms with Crippen LogP contribution in [0.15, 0.2) is 35.1 Å². The summed E-state index contributed by atoms with van der Waals surface area (Å²) in [6, 6.07) is 6.08. The highest BCUT2D eigenvalue weighted by molar-refractivity contribution is 7.90. The second kappa shape index (κ2) is 8.89. The highest BCUT2D eigenvalue weighted by Gasteiger charge is 2.28. The van der Waals surface area contributed by atoms with Crippen molar-refractivity contribution >= 4 is 15.7 Å². The minimum Gasteiger partial charge on any atom is -0.445 e. The van der Waals surface area contributed by atoms with Gasteiger partial charge in [-0.15, -0.1) is 0 Å². The van der Waals surface area contributed by atoms with Crippen LogP contribution in [0.25, 0.3) is 11.5 Å². The topological polar surface area (TPSA) is 84.2 Å². The number of aromatic nitrogens is 1. The normalized spacial score (nSPS) is 13.5. The van der Waals surface area contributed by atoms with E-state index < -0.39 is 14.8 Å². The van der Waals surface area contributed by atoms with E-state index in [-0.39, 0.29) is 5.92 Å². The number of sulfonamides is 1. The van der Waals surface area contributed by atoms with Crippen molar-refractivity contribution in [2.75, 3.05) is 18.4 Å². The summed E-state index contributed by atoms with van der Waals surface area (Å²) in [6.07, 6.45) is 5.13. The first kappa shape index (κ1) is 21.4. The molecule has 150 valence electrons. The molecule has 1 unspecified atom stereocenters. The summed E-state index contributed by atoms with van der Waals surface area (Å²) in [5, 5.41) is 3.45. The van der Waals surface area contributed by atoms with E-state index in [9.17, 15) is 8.42 Å². The Labute approximate surface area is 162 Å². The molecule has 2 rings (SSSR count). The van der Waals surface area contributed by atoms with E-state index in [1.54, 1.807) is 33.2 Å². The Hall–Kier alpha value is -1.86. The van der Waals surface area contributed by atoms with Gasteiger partial charge in [-0.2, -0.15) is 0 Å². The van der Waals surface area contributed by atoms with Gasteiger partial charge in [0.15, 0.2) is 0 Å². The molecule has 0 aliphatic heterocycles. The number of hydrogen-bond acceptors (Lipinski definition) is 5. The lowest BCUT2D eigenvalue weighted by atomic mass is 10.1. The second-order valence-electron chi connectivity index (χ2n) is 8.01. The van der Waals surface area contributed by atoms with Gasteiger partial charge in [-0.3, -0.25) is 0 Å². The number of anilines is 1. The van der Waals surface area contributed by atoms with Gasteiger partial charge in [-0.05, 0) is 70.2 Å². The van der Waals surface area contributed by atoms with Crippen molar-refractivity contribution in [2.45, 2.75) is 52.2 Å². The maximum absolute atomic E-state index is 12.1. The Kier molecular flexibility index (Phi) is 7.06. The van der Waals surface area contributed by atoms with E-state index in [0.717, 1.165) is 36.2 Å². The molecule has 1 heterocycles. The third-order valence-electron chi connectivity index (χ3n) is 4.52. The van der Waals surface area contributed by atoms with Crippen molar-refractivity contribution in [1.29, 1.82) is 0 Å². The Balaban J connectivity index is 1.75. The van der Waals surface area contributed by atoms with Gasteiger partial charge in [0.1, 0.15) is 6.26 Å². The highest BCUT2D eigenvalue weighted by Crippen LogP contribution is 2.23. The van der Waals surface area contributed by atoms with Gasteiger partial charge in [0.2, 0.25) is 15.9 Å². The first-order valence-electron chi connectivity index (χ1n) is 9.34. The summed E-state index contributed by atoms with van der Waals surface area (Å²) in [7, 11) is -3.27. The fourth-order valence-electron chi connectivity index (χ4n) is 2.61. The van der Waals surface area contributed by atoms with E-state index in [0.29, 0.717) is 12.4 Å². The lowest BCUT2D eigenvalue weighted by Gasteiger charge is -2.21. The molecule has 1 atom stereocenters. The van der Waals surface area contributed by atoms with E-state index in [4.69, 9.17) is 4.42 Å². The summed E-state index contributed by atoms with van der Waals surface area (Å²) in [4.78, 5) is 4.17. The molecule has 1 aromatic carbocycles. The lowest BCUT2D eigenvalue weighted by Crippen LogP contribution is -2.41. The largest absolute Gasteiger partial charge is 0.445 e. The molecule has 0 aliphatic rings. The molecule has 6 nitrogen and oxygen atoms in total. The molecule has 27 heavy (non-hydrogen) atoms. The van der Waals surface area contributed by atoms with Gasteiger partial charge in [0.05, 0.1) is 10.9 Å². The number of oxazole rings is 1. The number of rotatable bonds is 9. The number of nitrogens with one attached hydrogen (secondary N) is 2. The summed E-state index contributed by atoms with van der Waals surface area (Å²) in [5.74, 6) is 0.911. The van der Waals surface area contributed by atoms with Crippen LogP contribution in [-0.4, -0.2) is 31.2 Å². The fraction of sp³-hybridized carbons (Fsp3) is 0.550. The monoisotopic (exact) mass is 393 g/mol. The van der Waals surface area contributed by atoms with Gasteiger partial charge in [-0.25, -0.2) is 18.1 Å². The van der Waals surface area contributed by atoms with Crippen LogP contribution in [0.2, 0.25) is 0 Å². The number of nitrogens with zero attached hydrogens (tertiary/aromatic N) is 1. The van der Waals surface area contributed by atoms with E-state index in [2.05, 4.69) is 34.9 Å². The van der Waals surface area contributed by atoms with E-state index in [1.165, 1.54) is 0 Å². The van der Waals surface area contributed by atoms with Gasteiger partial charge < -0.3 is 9.73 Å². The van der Waals surface area contributed by atoms with Crippen LogP contribution in [-0.2, 0) is 10.0 Å². The molecule has 0 saturated heterocycles. The average Bonchev–Trinajstić information content (AvgIpc) is 3.11. The molecule has 0 amide bonds. The molecular weight excluding hydrogens is 362 g/mol. The van der Waals surface area contributed by atoms with Crippen molar-refractivity contribution in [1.82, 2.24) is 9.71 Å². The van der Waals surface area contributed by atoms with Crippen molar-refractivity contribution in [3.05, 3.63) is 36.2 Å². The zero-order valence-corrected chi connectivity index (χ0v) is 17.7. The van der Waals surface area contributed by atoms with Gasteiger partial charge >= 0.3 is 0 Å². The zero-order valence-electron chi connectivity index (χ0n) is 16.9. The van der Waals surface area contributed by atoms with Crippen LogP contribution in [0, 0.1) is 12.8 Å². The van der Waals surface area contributed by atoms with Crippen LogP contribution < -0.4 is 10.0 Å². The van der Waals surface area contributed by atoms with Crippen molar-refractivity contribution in [3.8, 4) is 11.5 Å². The first-order valence-corrected chi connectivity index (χ1v) is 10.8. The minimum atomic E-state index is -3.27. The zero-order chi connectivity index (χ0) is 20.1. The maximum Gasteiger partial charge on any atom is 0.225 e. The smallest absolute Gasteiger partial charge is 0.225 e. The van der Waals surface area contributed by atoms with Crippen molar-refractivity contribution < 1.29 is 12.8 Å². The summed E-state index contributed by atoms with van der Waals surface area (Å²) in [5.41, 5.74) is 3.19. The van der Waals surface area contributed by atoms with Gasteiger partial charge in [-0.1, -0.05) is 6.92 Å². The first-order chi connectivity index (χ1) is 12.6. The molecule has 0 saturated carbocycles. The molecule has 0 spiro atoms. The predicted octanol–water partition coefficient (Wildman–Crippen LogP) is 4.20. The SMILES string of the molecule is Cc1cc(-c2ncco2)ccc1NCCCC(C)CNS(=O)(=O)C(C)(C)C. The highest BCUT2D eigenvalue weighted by atomic mass is 32.2. The Morgan fingerprint density at radius 1 is 1.26 bits per heavy atom. The van der Waals surface area contributed by atoms with Crippen LogP contribution >= 0.6 is 0 Å². The standard InChI is InChI=1S/C20H31N3O3S/c1-15(14-23-27(24,25)20(3,4)5)7-6-10-21-18-9-8-17(13-16(18)2)19-22-11-12-26-19/h8-9,11-13,15,21,23H,6-7,10,14H2,1-5H3. The molecule has 0 fully saturated rings. The quantitative estimate of drug-likeness (QED) is 0.624. The predicted molar refractivity (Wildman–Crippen MR) is 110 cm³/mol. The molecule has 0 bridgehead atoms. The molecule has 7 heteroatoms. The Bertz CT molecular complexity index is 825. The average molecular weight is 394 g/mol. The van der Waals surface area contributed by atoms with E-state index >= 15 is 0 Å².